The van der Waals surface area contributed by atoms with Crippen LogP contribution in [0.4, 0.5) is 0 Å². The molecule has 0 aliphatic carbocycles. The molecule has 1 aliphatic rings. The maximum Gasteiger partial charge on any atom is 0.309 e. The zero-order valence-electron chi connectivity index (χ0n) is 13.2. The Hall–Kier alpha value is -1.72. The standard InChI is InChI=1S/C18H22N2O2S/c1-2-3-5-18(17(21)22)6-9-20(10-7-18)13-15-11-14-4-8-19-12-16(14)23-15/h2,4,8,11-12H,1,3,5-7,9-10,13H2,(H,21,22). The fraction of sp³-hybridized carbons (Fsp3) is 0.444. The molecule has 0 saturated carbocycles. The second kappa shape index (κ2) is 6.81. The molecule has 2 aromatic rings. The molecule has 3 rings (SSSR count). The number of carbonyl (C=O) groups is 1. The Bertz CT molecular complexity index is 669. The lowest BCUT2D eigenvalue weighted by Gasteiger charge is -2.38. The van der Waals surface area contributed by atoms with Crippen LogP contribution in [0.3, 0.4) is 0 Å². The van der Waals surface area contributed by atoms with E-state index in [-0.39, 0.29) is 0 Å². The number of likely N-dealkylation sites (tertiary alicyclic amines) is 1. The third-order valence-corrected chi connectivity index (χ3v) is 5.92. The Balaban J connectivity index is 1.63. The van der Waals surface area contributed by atoms with E-state index in [1.807, 2.05) is 24.5 Å². The lowest BCUT2D eigenvalue weighted by molar-refractivity contribution is -0.152. The summed E-state index contributed by atoms with van der Waals surface area (Å²) in [5.74, 6) is -0.646. The van der Waals surface area contributed by atoms with Gasteiger partial charge in [-0.15, -0.1) is 17.9 Å². The van der Waals surface area contributed by atoms with Crippen LogP contribution in [0, 0.1) is 5.41 Å². The molecule has 122 valence electrons. The number of carboxylic acids is 1. The summed E-state index contributed by atoms with van der Waals surface area (Å²) in [7, 11) is 0. The van der Waals surface area contributed by atoms with Crippen LogP contribution in [0.25, 0.3) is 10.1 Å². The molecule has 0 atom stereocenters. The van der Waals surface area contributed by atoms with Crippen molar-refractivity contribution < 1.29 is 9.90 Å². The zero-order chi connectivity index (χ0) is 16.3. The molecule has 23 heavy (non-hydrogen) atoms. The van der Waals surface area contributed by atoms with Crippen molar-refractivity contribution in [2.75, 3.05) is 13.1 Å². The van der Waals surface area contributed by atoms with E-state index >= 15 is 0 Å². The van der Waals surface area contributed by atoms with E-state index in [1.54, 1.807) is 11.3 Å². The molecule has 1 saturated heterocycles. The van der Waals surface area contributed by atoms with Gasteiger partial charge >= 0.3 is 5.97 Å². The van der Waals surface area contributed by atoms with E-state index in [4.69, 9.17) is 0 Å². The Morgan fingerprint density at radius 1 is 1.48 bits per heavy atom. The van der Waals surface area contributed by atoms with Gasteiger partial charge in [0.25, 0.3) is 0 Å². The molecule has 3 heterocycles. The third-order valence-electron chi connectivity index (χ3n) is 4.85. The maximum absolute atomic E-state index is 11.7. The first kappa shape index (κ1) is 16.1. The van der Waals surface area contributed by atoms with Gasteiger partial charge in [-0.1, -0.05) is 6.08 Å². The number of pyridine rings is 1. The van der Waals surface area contributed by atoms with Crippen LogP contribution < -0.4 is 0 Å². The molecule has 0 bridgehead atoms. The summed E-state index contributed by atoms with van der Waals surface area (Å²) < 4.78 is 1.21. The highest BCUT2D eigenvalue weighted by Crippen LogP contribution is 2.37. The van der Waals surface area contributed by atoms with E-state index < -0.39 is 11.4 Å². The molecule has 0 aromatic carbocycles. The Morgan fingerprint density at radius 3 is 2.91 bits per heavy atom. The third kappa shape index (κ3) is 3.46. The zero-order valence-corrected chi connectivity index (χ0v) is 14.0. The minimum atomic E-state index is -0.646. The monoisotopic (exact) mass is 330 g/mol. The topological polar surface area (TPSA) is 53.4 Å². The predicted octanol–water partition coefficient (Wildman–Crippen LogP) is 3.93. The molecule has 1 fully saturated rings. The number of rotatable bonds is 6. The summed E-state index contributed by atoms with van der Waals surface area (Å²) in [4.78, 5) is 19.6. The van der Waals surface area contributed by atoms with Crippen LogP contribution in [-0.4, -0.2) is 34.0 Å². The normalized spacial score (nSPS) is 18.1. The molecule has 0 amide bonds. The number of hydrogen-bond donors (Lipinski definition) is 1. The minimum Gasteiger partial charge on any atom is -0.481 e. The van der Waals surface area contributed by atoms with Crippen molar-refractivity contribution in [3.63, 3.8) is 0 Å². The highest BCUT2D eigenvalue weighted by Gasteiger charge is 2.40. The van der Waals surface area contributed by atoms with Gasteiger partial charge in [-0.05, 0) is 56.3 Å². The average Bonchev–Trinajstić information content (AvgIpc) is 2.96. The number of carboxylic acid groups (broad SMARTS) is 1. The van der Waals surface area contributed by atoms with Crippen molar-refractivity contribution in [3.05, 3.63) is 42.1 Å². The van der Waals surface area contributed by atoms with Crippen LogP contribution in [0.1, 0.15) is 30.6 Å². The quantitative estimate of drug-likeness (QED) is 0.815. The molecule has 1 aliphatic heterocycles. The molecule has 4 nitrogen and oxygen atoms in total. The van der Waals surface area contributed by atoms with Gasteiger partial charge in [-0.2, -0.15) is 0 Å². The number of piperidine rings is 1. The van der Waals surface area contributed by atoms with Crippen molar-refractivity contribution in [2.45, 2.75) is 32.2 Å². The SMILES string of the molecule is C=CCCC1(C(=O)O)CCN(Cc2cc3ccncc3s2)CC1. The fourth-order valence-corrected chi connectivity index (χ4v) is 4.40. The van der Waals surface area contributed by atoms with Crippen molar-refractivity contribution in [1.82, 2.24) is 9.88 Å². The Morgan fingerprint density at radius 2 is 2.26 bits per heavy atom. The van der Waals surface area contributed by atoms with E-state index in [1.165, 1.54) is 15.0 Å². The first-order chi connectivity index (χ1) is 11.1. The van der Waals surface area contributed by atoms with Crippen LogP contribution in [0.15, 0.2) is 37.2 Å². The number of thiophene rings is 1. The largest absolute Gasteiger partial charge is 0.481 e. The highest BCUT2D eigenvalue weighted by atomic mass is 32.1. The number of aromatic nitrogens is 1. The Kier molecular flexibility index (Phi) is 4.78. The lowest BCUT2D eigenvalue weighted by atomic mass is 9.75. The second-order valence-electron chi connectivity index (χ2n) is 6.32. The molecule has 0 unspecified atom stereocenters. The number of allylic oxidation sites excluding steroid dienone is 1. The summed E-state index contributed by atoms with van der Waals surface area (Å²) in [6.45, 7) is 6.31. The van der Waals surface area contributed by atoms with Crippen LogP contribution in [0.5, 0.6) is 0 Å². The Labute approximate surface area is 140 Å². The first-order valence-electron chi connectivity index (χ1n) is 8.02. The van der Waals surface area contributed by atoms with Crippen LogP contribution >= 0.6 is 11.3 Å². The van der Waals surface area contributed by atoms with Crippen LogP contribution in [-0.2, 0) is 11.3 Å². The maximum atomic E-state index is 11.7. The van der Waals surface area contributed by atoms with Crippen molar-refractivity contribution in [3.8, 4) is 0 Å². The molecular formula is C18H22N2O2S. The average molecular weight is 330 g/mol. The van der Waals surface area contributed by atoms with E-state index in [9.17, 15) is 9.90 Å². The van der Waals surface area contributed by atoms with Gasteiger partial charge in [0, 0.05) is 23.8 Å². The van der Waals surface area contributed by atoms with Gasteiger partial charge < -0.3 is 5.11 Å². The molecule has 5 heteroatoms. The van der Waals surface area contributed by atoms with Gasteiger partial charge in [-0.3, -0.25) is 14.7 Å². The molecule has 0 spiro atoms. The second-order valence-corrected chi connectivity index (χ2v) is 7.48. The number of aliphatic carboxylic acids is 1. The van der Waals surface area contributed by atoms with E-state index in [2.05, 4.69) is 22.5 Å². The van der Waals surface area contributed by atoms with Crippen molar-refractivity contribution in [1.29, 1.82) is 0 Å². The molecule has 2 aromatic heterocycles. The molecule has 0 radical (unpaired) electrons. The first-order valence-corrected chi connectivity index (χ1v) is 8.84. The van der Waals surface area contributed by atoms with Crippen molar-refractivity contribution in [2.24, 2.45) is 5.41 Å². The number of nitrogens with zero attached hydrogens (tertiary/aromatic N) is 2. The minimum absolute atomic E-state index is 0.561. The van der Waals surface area contributed by atoms with Gasteiger partial charge in [-0.25, -0.2) is 0 Å². The number of hydrogen-bond acceptors (Lipinski definition) is 4. The number of fused-ring (bicyclic) bond motifs is 1. The van der Waals surface area contributed by atoms with Crippen molar-refractivity contribution >= 4 is 27.4 Å². The smallest absolute Gasteiger partial charge is 0.309 e. The summed E-state index contributed by atoms with van der Waals surface area (Å²) in [5, 5.41) is 10.9. The van der Waals surface area contributed by atoms with E-state index in [0.717, 1.165) is 38.9 Å². The van der Waals surface area contributed by atoms with Gasteiger partial charge in [0.2, 0.25) is 0 Å². The van der Waals surface area contributed by atoms with Gasteiger partial charge in [0.15, 0.2) is 0 Å². The molecular weight excluding hydrogens is 308 g/mol. The highest BCUT2D eigenvalue weighted by molar-refractivity contribution is 7.19. The van der Waals surface area contributed by atoms with Gasteiger partial charge in [0.05, 0.1) is 10.1 Å². The lowest BCUT2D eigenvalue weighted by Crippen LogP contribution is -2.43. The summed E-state index contributed by atoms with van der Waals surface area (Å²) >= 11 is 1.78. The fourth-order valence-electron chi connectivity index (χ4n) is 3.33. The predicted molar refractivity (Wildman–Crippen MR) is 93.6 cm³/mol. The van der Waals surface area contributed by atoms with E-state index in [0.29, 0.717) is 6.42 Å². The molecule has 1 N–H and O–H groups in total. The van der Waals surface area contributed by atoms with Crippen LogP contribution in [0.2, 0.25) is 0 Å². The summed E-state index contributed by atoms with van der Waals surface area (Å²) in [6.07, 6.45) is 8.47. The summed E-state index contributed by atoms with van der Waals surface area (Å²) in [6, 6.07) is 4.26. The van der Waals surface area contributed by atoms with Gasteiger partial charge in [0.1, 0.15) is 0 Å². The summed E-state index contributed by atoms with van der Waals surface area (Å²) in [5.41, 5.74) is -0.561.